The van der Waals surface area contributed by atoms with Crippen LogP contribution in [0.25, 0.3) is 0 Å². The fourth-order valence-electron chi connectivity index (χ4n) is 4.33. The quantitative estimate of drug-likeness (QED) is 0.475. The van der Waals surface area contributed by atoms with Crippen molar-refractivity contribution in [1.82, 2.24) is 9.47 Å². The van der Waals surface area contributed by atoms with Gasteiger partial charge in [0, 0.05) is 24.9 Å². The standard InChI is InChI=1S/C25H30N2O2/c28-25(15-14-21-8-4-5-9-21)27(20-24-13-7-17-29-24)19-23-12-6-16-26(23)18-22-10-2-1-3-11-22/h1-3,6-7,10-13,16-17,21H,4-5,8-9,14-15,18-20H2. The third kappa shape index (κ3) is 5.41. The van der Waals surface area contributed by atoms with Gasteiger partial charge in [-0.05, 0) is 42.2 Å². The fourth-order valence-corrected chi connectivity index (χ4v) is 4.33. The van der Waals surface area contributed by atoms with Gasteiger partial charge in [-0.1, -0.05) is 56.0 Å². The lowest BCUT2D eigenvalue weighted by atomic mass is 10.0. The van der Waals surface area contributed by atoms with Gasteiger partial charge in [-0.25, -0.2) is 0 Å². The molecule has 0 radical (unpaired) electrons. The molecule has 4 nitrogen and oxygen atoms in total. The molecule has 0 unspecified atom stereocenters. The number of hydrogen-bond acceptors (Lipinski definition) is 2. The minimum absolute atomic E-state index is 0.223. The Hall–Kier alpha value is -2.75. The molecule has 4 heteroatoms. The maximum absolute atomic E-state index is 13.1. The van der Waals surface area contributed by atoms with Gasteiger partial charge >= 0.3 is 0 Å². The summed E-state index contributed by atoms with van der Waals surface area (Å²) >= 11 is 0. The molecule has 0 N–H and O–H groups in total. The summed E-state index contributed by atoms with van der Waals surface area (Å²) in [5.74, 6) is 1.78. The second-order valence-electron chi connectivity index (χ2n) is 8.13. The Kier molecular flexibility index (Phi) is 6.50. The summed E-state index contributed by atoms with van der Waals surface area (Å²) in [6, 6.07) is 18.4. The van der Waals surface area contributed by atoms with Crippen molar-refractivity contribution in [2.24, 2.45) is 5.92 Å². The Balaban J connectivity index is 1.45. The average molecular weight is 391 g/mol. The Labute approximate surface area is 173 Å². The Morgan fingerprint density at radius 3 is 2.59 bits per heavy atom. The van der Waals surface area contributed by atoms with E-state index in [1.807, 2.05) is 23.1 Å². The molecule has 2 heterocycles. The van der Waals surface area contributed by atoms with Crippen molar-refractivity contribution in [2.75, 3.05) is 0 Å². The number of carbonyl (C=O) groups is 1. The third-order valence-electron chi connectivity index (χ3n) is 5.99. The van der Waals surface area contributed by atoms with Crippen LogP contribution >= 0.6 is 0 Å². The smallest absolute Gasteiger partial charge is 0.223 e. The summed E-state index contributed by atoms with van der Waals surface area (Å²) in [5.41, 5.74) is 2.41. The average Bonchev–Trinajstić information content (AvgIpc) is 3.51. The number of benzene rings is 1. The molecule has 4 rings (SSSR count). The maximum Gasteiger partial charge on any atom is 0.223 e. The van der Waals surface area contributed by atoms with Crippen LogP contribution < -0.4 is 0 Å². The summed E-state index contributed by atoms with van der Waals surface area (Å²) in [6.07, 6.45) is 10.6. The van der Waals surface area contributed by atoms with Crippen molar-refractivity contribution >= 4 is 5.91 Å². The van der Waals surface area contributed by atoms with E-state index in [-0.39, 0.29) is 5.91 Å². The number of amides is 1. The number of aromatic nitrogens is 1. The van der Waals surface area contributed by atoms with Crippen LogP contribution in [0.4, 0.5) is 0 Å². The topological polar surface area (TPSA) is 38.4 Å². The lowest BCUT2D eigenvalue weighted by molar-refractivity contribution is -0.133. The van der Waals surface area contributed by atoms with Crippen molar-refractivity contribution in [3.63, 3.8) is 0 Å². The van der Waals surface area contributed by atoms with Crippen molar-refractivity contribution in [3.05, 3.63) is 84.1 Å². The zero-order valence-electron chi connectivity index (χ0n) is 17.0. The molecule has 3 aromatic rings. The number of hydrogen-bond donors (Lipinski definition) is 0. The predicted molar refractivity (Wildman–Crippen MR) is 114 cm³/mol. The van der Waals surface area contributed by atoms with Crippen LogP contribution in [-0.4, -0.2) is 15.4 Å². The Morgan fingerprint density at radius 2 is 1.83 bits per heavy atom. The van der Waals surface area contributed by atoms with Gasteiger partial charge in [-0.2, -0.15) is 0 Å². The van der Waals surface area contributed by atoms with Crippen LogP contribution in [0, 0.1) is 5.92 Å². The molecule has 0 spiro atoms. The van der Waals surface area contributed by atoms with Crippen LogP contribution in [0.2, 0.25) is 0 Å². The Bertz CT molecular complexity index is 877. The van der Waals surface area contributed by atoms with E-state index in [1.54, 1.807) is 6.26 Å². The monoisotopic (exact) mass is 390 g/mol. The highest BCUT2D eigenvalue weighted by atomic mass is 16.3. The first kappa shape index (κ1) is 19.6. The van der Waals surface area contributed by atoms with Gasteiger partial charge in [0.2, 0.25) is 5.91 Å². The van der Waals surface area contributed by atoms with E-state index in [1.165, 1.54) is 31.2 Å². The molecule has 1 amide bonds. The minimum Gasteiger partial charge on any atom is -0.467 e. The Morgan fingerprint density at radius 1 is 1.00 bits per heavy atom. The highest BCUT2D eigenvalue weighted by Crippen LogP contribution is 2.29. The number of rotatable bonds is 9. The highest BCUT2D eigenvalue weighted by Gasteiger charge is 2.21. The van der Waals surface area contributed by atoms with Gasteiger partial charge < -0.3 is 13.9 Å². The third-order valence-corrected chi connectivity index (χ3v) is 5.99. The molecular weight excluding hydrogens is 360 g/mol. The van der Waals surface area contributed by atoms with Gasteiger partial charge in [-0.3, -0.25) is 4.79 Å². The minimum atomic E-state index is 0.223. The van der Waals surface area contributed by atoms with Crippen LogP contribution in [0.1, 0.15) is 55.5 Å². The molecule has 1 aromatic carbocycles. The first-order valence-electron chi connectivity index (χ1n) is 10.8. The lowest BCUT2D eigenvalue weighted by Gasteiger charge is -2.23. The van der Waals surface area contributed by atoms with E-state index in [9.17, 15) is 4.79 Å². The second kappa shape index (κ2) is 9.64. The summed E-state index contributed by atoms with van der Waals surface area (Å²) in [4.78, 5) is 15.0. The van der Waals surface area contributed by atoms with Crippen LogP contribution in [0.5, 0.6) is 0 Å². The molecule has 1 aliphatic carbocycles. The molecule has 2 aromatic heterocycles. The molecule has 0 bridgehead atoms. The normalized spacial score (nSPS) is 14.3. The molecule has 0 atom stereocenters. The van der Waals surface area contributed by atoms with Crippen LogP contribution in [0.3, 0.4) is 0 Å². The molecule has 0 aliphatic heterocycles. The van der Waals surface area contributed by atoms with Crippen molar-refractivity contribution in [2.45, 2.75) is 58.2 Å². The van der Waals surface area contributed by atoms with Gasteiger partial charge in [0.25, 0.3) is 0 Å². The maximum atomic E-state index is 13.1. The number of nitrogens with zero attached hydrogens (tertiary/aromatic N) is 2. The molecule has 1 saturated carbocycles. The summed E-state index contributed by atoms with van der Waals surface area (Å²) in [5, 5.41) is 0. The number of furan rings is 1. The summed E-state index contributed by atoms with van der Waals surface area (Å²) < 4.78 is 7.77. The van der Waals surface area contributed by atoms with E-state index in [0.717, 1.165) is 30.3 Å². The lowest BCUT2D eigenvalue weighted by Crippen LogP contribution is -2.31. The molecule has 1 aliphatic rings. The van der Waals surface area contributed by atoms with Gasteiger partial charge in [0.15, 0.2) is 0 Å². The number of carbonyl (C=O) groups excluding carboxylic acids is 1. The van der Waals surface area contributed by atoms with Crippen molar-refractivity contribution in [3.8, 4) is 0 Å². The van der Waals surface area contributed by atoms with E-state index >= 15 is 0 Å². The van der Waals surface area contributed by atoms with E-state index in [2.05, 4.69) is 47.2 Å². The largest absolute Gasteiger partial charge is 0.467 e. The van der Waals surface area contributed by atoms with Crippen molar-refractivity contribution in [1.29, 1.82) is 0 Å². The van der Waals surface area contributed by atoms with E-state index < -0.39 is 0 Å². The molecule has 152 valence electrons. The highest BCUT2D eigenvalue weighted by molar-refractivity contribution is 5.76. The summed E-state index contributed by atoms with van der Waals surface area (Å²) in [6.45, 7) is 1.94. The van der Waals surface area contributed by atoms with E-state index in [0.29, 0.717) is 19.5 Å². The molecule has 0 saturated heterocycles. The molecular formula is C25H30N2O2. The first-order chi connectivity index (χ1) is 14.3. The molecule has 1 fully saturated rings. The first-order valence-corrected chi connectivity index (χ1v) is 10.8. The van der Waals surface area contributed by atoms with Gasteiger partial charge in [0.1, 0.15) is 5.76 Å². The second-order valence-corrected chi connectivity index (χ2v) is 8.13. The molecule has 29 heavy (non-hydrogen) atoms. The van der Waals surface area contributed by atoms with Crippen LogP contribution in [-0.2, 0) is 24.4 Å². The van der Waals surface area contributed by atoms with Gasteiger partial charge in [0.05, 0.1) is 19.4 Å². The fraction of sp³-hybridized carbons (Fsp3) is 0.400. The summed E-state index contributed by atoms with van der Waals surface area (Å²) in [7, 11) is 0. The van der Waals surface area contributed by atoms with Gasteiger partial charge in [-0.15, -0.1) is 0 Å². The zero-order valence-corrected chi connectivity index (χ0v) is 17.0. The SMILES string of the molecule is O=C(CCC1CCCC1)N(Cc1ccco1)Cc1cccn1Cc1ccccc1. The van der Waals surface area contributed by atoms with Crippen LogP contribution in [0.15, 0.2) is 71.5 Å². The predicted octanol–water partition coefficient (Wildman–Crippen LogP) is 5.63. The van der Waals surface area contributed by atoms with Crippen molar-refractivity contribution < 1.29 is 9.21 Å². The zero-order chi connectivity index (χ0) is 19.9. The van der Waals surface area contributed by atoms with E-state index in [4.69, 9.17) is 4.42 Å².